The SMILES string of the molecule is Cc1cccc(C)c1C1=NNC(=O)C1. The topological polar surface area (TPSA) is 41.5 Å². The molecule has 1 aromatic rings. The number of rotatable bonds is 1. The van der Waals surface area contributed by atoms with E-state index in [2.05, 4.69) is 10.5 Å². The van der Waals surface area contributed by atoms with E-state index in [0.29, 0.717) is 6.42 Å². The highest BCUT2D eigenvalue weighted by Crippen LogP contribution is 2.17. The highest BCUT2D eigenvalue weighted by Gasteiger charge is 2.18. The number of carbonyl (C=O) groups is 1. The summed E-state index contributed by atoms with van der Waals surface area (Å²) < 4.78 is 0. The zero-order valence-corrected chi connectivity index (χ0v) is 8.29. The molecule has 3 heteroatoms. The van der Waals surface area contributed by atoms with Crippen molar-refractivity contribution in [1.29, 1.82) is 0 Å². The fourth-order valence-corrected chi connectivity index (χ4v) is 1.77. The first-order chi connectivity index (χ1) is 6.68. The summed E-state index contributed by atoms with van der Waals surface area (Å²) >= 11 is 0. The Labute approximate surface area is 82.8 Å². The van der Waals surface area contributed by atoms with E-state index in [0.717, 1.165) is 11.3 Å². The van der Waals surface area contributed by atoms with Gasteiger partial charge in [-0.3, -0.25) is 4.79 Å². The Morgan fingerprint density at radius 3 is 2.43 bits per heavy atom. The summed E-state index contributed by atoms with van der Waals surface area (Å²) in [5, 5.41) is 4.03. The van der Waals surface area contributed by atoms with Gasteiger partial charge in [-0.05, 0) is 25.0 Å². The van der Waals surface area contributed by atoms with Crippen molar-refractivity contribution in [2.75, 3.05) is 0 Å². The smallest absolute Gasteiger partial charge is 0.246 e. The molecule has 1 aliphatic rings. The quantitative estimate of drug-likeness (QED) is 0.713. The molecule has 1 aromatic carbocycles. The molecule has 0 aliphatic carbocycles. The van der Waals surface area contributed by atoms with E-state index in [-0.39, 0.29) is 5.91 Å². The van der Waals surface area contributed by atoms with Crippen molar-refractivity contribution in [3.63, 3.8) is 0 Å². The van der Waals surface area contributed by atoms with E-state index < -0.39 is 0 Å². The van der Waals surface area contributed by atoms with E-state index in [9.17, 15) is 4.79 Å². The van der Waals surface area contributed by atoms with Crippen molar-refractivity contribution < 1.29 is 4.79 Å². The Bertz CT molecular complexity index is 401. The van der Waals surface area contributed by atoms with Gasteiger partial charge < -0.3 is 0 Å². The minimum atomic E-state index is -0.0253. The van der Waals surface area contributed by atoms with Crippen LogP contribution in [-0.2, 0) is 4.79 Å². The van der Waals surface area contributed by atoms with Crippen molar-refractivity contribution in [1.82, 2.24) is 5.43 Å². The second kappa shape index (κ2) is 3.25. The van der Waals surface area contributed by atoms with Crippen molar-refractivity contribution >= 4 is 11.6 Å². The van der Waals surface area contributed by atoms with Gasteiger partial charge in [0.1, 0.15) is 0 Å². The van der Waals surface area contributed by atoms with Crippen LogP contribution in [0.5, 0.6) is 0 Å². The Kier molecular flexibility index (Phi) is 2.08. The van der Waals surface area contributed by atoms with Crippen LogP contribution >= 0.6 is 0 Å². The van der Waals surface area contributed by atoms with E-state index in [1.807, 2.05) is 32.0 Å². The van der Waals surface area contributed by atoms with E-state index in [1.54, 1.807) is 0 Å². The molecular formula is C11H12N2O. The summed E-state index contributed by atoms with van der Waals surface area (Å²) in [6, 6.07) is 6.08. The lowest BCUT2D eigenvalue weighted by atomic mass is 9.97. The average molecular weight is 188 g/mol. The number of nitrogens with one attached hydrogen (secondary N) is 1. The molecule has 0 spiro atoms. The maximum absolute atomic E-state index is 11.0. The molecule has 0 saturated heterocycles. The summed E-state index contributed by atoms with van der Waals surface area (Å²) in [5.41, 5.74) is 6.76. The number of aryl methyl sites for hydroxylation is 2. The third kappa shape index (κ3) is 1.41. The molecule has 3 nitrogen and oxygen atoms in total. The van der Waals surface area contributed by atoms with E-state index >= 15 is 0 Å². The first kappa shape index (κ1) is 8.94. The number of hydrazone groups is 1. The molecule has 0 radical (unpaired) electrons. The van der Waals surface area contributed by atoms with Crippen LogP contribution in [-0.4, -0.2) is 11.6 Å². The molecule has 1 heterocycles. The molecule has 1 amide bonds. The first-order valence-electron chi connectivity index (χ1n) is 4.60. The van der Waals surface area contributed by atoms with Gasteiger partial charge in [0, 0.05) is 5.56 Å². The van der Waals surface area contributed by atoms with Crippen molar-refractivity contribution in [2.24, 2.45) is 5.10 Å². The summed E-state index contributed by atoms with van der Waals surface area (Å²) in [5.74, 6) is -0.0253. The van der Waals surface area contributed by atoms with Gasteiger partial charge >= 0.3 is 0 Å². The van der Waals surface area contributed by atoms with Gasteiger partial charge in [-0.2, -0.15) is 5.10 Å². The Morgan fingerprint density at radius 2 is 1.93 bits per heavy atom. The minimum Gasteiger partial charge on any atom is -0.273 e. The van der Waals surface area contributed by atoms with Crippen LogP contribution in [0.2, 0.25) is 0 Å². The largest absolute Gasteiger partial charge is 0.273 e. The molecule has 14 heavy (non-hydrogen) atoms. The van der Waals surface area contributed by atoms with Crippen LogP contribution in [0, 0.1) is 13.8 Å². The summed E-state index contributed by atoms with van der Waals surface area (Å²) in [7, 11) is 0. The van der Waals surface area contributed by atoms with Crippen LogP contribution in [0.25, 0.3) is 0 Å². The van der Waals surface area contributed by atoms with Crippen molar-refractivity contribution in [3.8, 4) is 0 Å². The van der Waals surface area contributed by atoms with E-state index in [1.165, 1.54) is 11.1 Å². The average Bonchev–Trinajstić information content (AvgIpc) is 2.51. The van der Waals surface area contributed by atoms with Gasteiger partial charge in [0.25, 0.3) is 0 Å². The van der Waals surface area contributed by atoms with Crippen LogP contribution < -0.4 is 5.43 Å². The third-order valence-electron chi connectivity index (χ3n) is 2.41. The van der Waals surface area contributed by atoms with Crippen molar-refractivity contribution in [3.05, 3.63) is 34.9 Å². The maximum Gasteiger partial charge on any atom is 0.246 e. The standard InChI is InChI=1S/C11H12N2O/c1-7-4-3-5-8(2)11(7)9-6-10(14)13-12-9/h3-5H,6H2,1-2H3,(H,13,14). The molecule has 0 atom stereocenters. The first-order valence-corrected chi connectivity index (χ1v) is 4.60. The lowest BCUT2D eigenvalue weighted by molar-refractivity contribution is -0.119. The van der Waals surface area contributed by atoms with Crippen LogP contribution in [0.4, 0.5) is 0 Å². The van der Waals surface area contributed by atoms with Gasteiger partial charge in [0.05, 0.1) is 12.1 Å². The van der Waals surface area contributed by atoms with Crippen LogP contribution in [0.15, 0.2) is 23.3 Å². The molecule has 2 rings (SSSR count). The summed E-state index contributed by atoms with van der Waals surface area (Å²) in [6.45, 7) is 4.07. The van der Waals surface area contributed by atoms with Crippen LogP contribution in [0.1, 0.15) is 23.1 Å². The Morgan fingerprint density at radius 1 is 1.29 bits per heavy atom. The fraction of sp³-hybridized carbons (Fsp3) is 0.273. The third-order valence-corrected chi connectivity index (χ3v) is 2.41. The van der Waals surface area contributed by atoms with Crippen molar-refractivity contribution in [2.45, 2.75) is 20.3 Å². The number of amides is 1. The van der Waals surface area contributed by atoms with E-state index in [4.69, 9.17) is 0 Å². The zero-order chi connectivity index (χ0) is 10.1. The normalized spacial score (nSPS) is 15.3. The molecule has 1 N–H and O–H groups in total. The predicted octanol–water partition coefficient (Wildman–Crippen LogP) is 1.53. The van der Waals surface area contributed by atoms with Gasteiger partial charge in [-0.25, -0.2) is 5.43 Å². The lowest BCUT2D eigenvalue weighted by Crippen LogP contribution is -2.09. The minimum absolute atomic E-state index is 0.0253. The Balaban J connectivity index is 2.46. The van der Waals surface area contributed by atoms with Gasteiger partial charge in [0.2, 0.25) is 5.91 Å². The number of hydrogen-bond acceptors (Lipinski definition) is 2. The van der Waals surface area contributed by atoms with Gasteiger partial charge in [0.15, 0.2) is 0 Å². The lowest BCUT2D eigenvalue weighted by Gasteiger charge is -2.07. The fourth-order valence-electron chi connectivity index (χ4n) is 1.77. The maximum atomic E-state index is 11.0. The van der Waals surface area contributed by atoms with Gasteiger partial charge in [-0.15, -0.1) is 0 Å². The van der Waals surface area contributed by atoms with Crippen LogP contribution in [0.3, 0.4) is 0 Å². The molecule has 0 aromatic heterocycles. The number of carbonyl (C=O) groups excluding carboxylic acids is 1. The molecule has 72 valence electrons. The molecule has 0 fully saturated rings. The zero-order valence-electron chi connectivity index (χ0n) is 8.29. The molecule has 0 saturated carbocycles. The monoisotopic (exact) mass is 188 g/mol. The summed E-state index contributed by atoms with van der Waals surface area (Å²) in [6.07, 6.45) is 0.395. The Hall–Kier alpha value is -1.64. The van der Waals surface area contributed by atoms with Gasteiger partial charge in [-0.1, -0.05) is 18.2 Å². The predicted molar refractivity (Wildman–Crippen MR) is 55.2 cm³/mol. The summed E-state index contributed by atoms with van der Waals surface area (Å²) in [4.78, 5) is 11.0. The number of nitrogens with zero attached hydrogens (tertiary/aromatic N) is 1. The highest BCUT2D eigenvalue weighted by atomic mass is 16.2. The molecule has 0 unspecified atom stereocenters. The second-order valence-electron chi connectivity index (χ2n) is 3.54. The highest BCUT2D eigenvalue weighted by molar-refractivity contribution is 6.14. The number of benzene rings is 1. The second-order valence-corrected chi connectivity index (χ2v) is 3.54. The molecule has 0 bridgehead atoms. The molecular weight excluding hydrogens is 176 g/mol. The number of hydrogen-bond donors (Lipinski definition) is 1. The molecule has 1 aliphatic heterocycles.